The number of aromatic amines is 1. The molecule has 3 rings (SSSR count). The van der Waals surface area contributed by atoms with Crippen LogP contribution in [-0.2, 0) is 6.54 Å². The average Bonchev–Trinajstić information content (AvgIpc) is 3.17. The van der Waals surface area contributed by atoms with E-state index in [-0.39, 0.29) is 11.7 Å². The lowest BCUT2D eigenvalue weighted by Gasteiger charge is -1.99. The first kappa shape index (κ1) is 12.2. The third kappa shape index (κ3) is 2.59. The molecule has 0 aliphatic rings. The van der Waals surface area contributed by atoms with Gasteiger partial charge in [-0.05, 0) is 5.56 Å². The lowest BCUT2D eigenvalue weighted by atomic mass is 10.2. The molecule has 6 nitrogen and oxygen atoms in total. The van der Waals surface area contributed by atoms with Crippen LogP contribution in [0.4, 0.5) is 0 Å². The van der Waals surface area contributed by atoms with Gasteiger partial charge in [-0.3, -0.25) is 4.79 Å². The summed E-state index contributed by atoms with van der Waals surface area (Å²) in [7, 11) is 0. The number of imidazole rings is 1. The summed E-state index contributed by atoms with van der Waals surface area (Å²) in [5.74, 6) is 0.539. The van der Waals surface area contributed by atoms with E-state index in [0.29, 0.717) is 12.4 Å². The number of nitrogens with zero attached hydrogens (tertiary/aromatic N) is 2. The number of H-pyrrole nitrogens is 1. The molecule has 0 atom stereocenters. The molecule has 0 radical (unpaired) electrons. The van der Waals surface area contributed by atoms with Gasteiger partial charge < -0.3 is 14.8 Å². The first-order chi connectivity index (χ1) is 9.83. The van der Waals surface area contributed by atoms with Crippen molar-refractivity contribution in [2.75, 3.05) is 0 Å². The van der Waals surface area contributed by atoms with Crippen molar-refractivity contribution >= 4 is 5.91 Å². The zero-order chi connectivity index (χ0) is 13.8. The highest BCUT2D eigenvalue weighted by Crippen LogP contribution is 2.15. The summed E-state index contributed by atoms with van der Waals surface area (Å²) in [6.07, 6.45) is 3.17. The predicted molar refractivity (Wildman–Crippen MR) is 71.7 cm³/mol. The lowest BCUT2D eigenvalue weighted by Crippen LogP contribution is -2.22. The summed E-state index contributed by atoms with van der Waals surface area (Å²) in [4.78, 5) is 19.1. The normalized spacial score (nSPS) is 10.4. The number of hydrogen-bond donors (Lipinski definition) is 2. The minimum Gasteiger partial charge on any atom is -0.351 e. The smallest absolute Gasteiger partial charge is 0.290 e. The largest absolute Gasteiger partial charge is 0.351 e. The van der Waals surface area contributed by atoms with Crippen molar-refractivity contribution < 1.29 is 9.32 Å². The van der Waals surface area contributed by atoms with Gasteiger partial charge in [0.2, 0.25) is 5.76 Å². The minimum atomic E-state index is -0.319. The second kappa shape index (κ2) is 5.40. The van der Waals surface area contributed by atoms with Crippen molar-refractivity contribution in [3.8, 4) is 11.3 Å². The molecule has 20 heavy (non-hydrogen) atoms. The molecule has 1 aromatic carbocycles. The van der Waals surface area contributed by atoms with Gasteiger partial charge in [0.15, 0.2) is 0 Å². The average molecular weight is 268 g/mol. The fourth-order valence-electron chi connectivity index (χ4n) is 1.80. The van der Waals surface area contributed by atoms with E-state index in [1.54, 1.807) is 6.20 Å². The Morgan fingerprint density at radius 3 is 2.85 bits per heavy atom. The molecule has 0 unspecified atom stereocenters. The molecule has 100 valence electrons. The van der Waals surface area contributed by atoms with Gasteiger partial charge in [-0.1, -0.05) is 35.5 Å². The molecule has 0 saturated carbocycles. The lowest BCUT2D eigenvalue weighted by molar-refractivity contribution is 0.0913. The Bertz CT molecular complexity index is 689. The molecule has 0 aliphatic carbocycles. The molecule has 0 bridgehead atoms. The van der Waals surface area contributed by atoms with Gasteiger partial charge in [-0.15, -0.1) is 0 Å². The van der Waals surface area contributed by atoms with Gasteiger partial charge in [0.1, 0.15) is 5.82 Å². The van der Waals surface area contributed by atoms with Crippen LogP contribution in [0, 0.1) is 0 Å². The van der Waals surface area contributed by atoms with Crippen molar-refractivity contribution in [1.82, 2.24) is 20.4 Å². The van der Waals surface area contributed by atoms with Crippen LogP contribution in [0.15, 0.2) is 53.3 Å². The molecule has 2 N–H and O–H groups in total. The van der Waals surface area contributed by atoms with Crippen LogP contribution in [0.3, 0.4) is 0 Å². The number of carbonyl (C=O) groups is 1. The predicted octanol–water partition coefficient (Wildman–Crippen LogP) is 1.99. The van der Waals surface area contributed by atoms with Gasteiger partial charge in [0.05, 0.1) is 24.6 Å². The second-order valence-corrected chi connectivity index (χ2v) is 4.17. The number of carbonyl (C=O) groups excluding carboxylic acids is 1. The maximum absolute atomic E-state index is 11.7. The Kier molecular flexibility index (Phi) is 3.28. The third-order valence-electron chi connectivity index (χ3n) is 2.79. The zero-order valence-corrected chi connectivity index (χ0v) is 10.5. The van der Waals surface area contributed by atoms with Crippen LogP contribution in [0.2, 0.25) is 0 Å². The molecular formula is C14H12N4O2. The Morgan fingerprint density at radius 1 is 1.25 bits per heavy atom. The van der Waals surface area contributed by atoms with Gasteiger partial charge in [-0.2, -0.15) is 0 Å². The molecule has 2 aromatic heterocycles. The summed E-state index contributed by atoms with van der Waals surface area (Å²) in [6.45, 7) is 0.298. The molecule has 6 heteroatoms. The molecule has 0 aliphatic heterocycles. The molecule has 0 spiro atoms. The van der Waals surface area contributed by atoms with E-state index in [1.165, 1.54) is 12.3 Å². The van der Waals surface area contributed by atoms with Crippen molar-refractivity contribution in [3.05, 3.63) is 60.4 Å². The highest BCUT2D eigenvalue weighted by atomic mass is 16.5. The fourth-order valence-corrected chi connectivity index (χ4v) is 1.80. The number of amides is 1. The molecule has 2 heterocycles. The van der Waals surface area contributed by atoms with Crippen LogP contribution in [-0.4, -0.2) is 21.0 Å². The Morgan fingerprint density at radius 2 is 2.10 bits per heavy atom. The number of nitrogens with one attached hydrogen (secondary N) is 2. The molecular weight excluding hydrogens is 256 g/mol. The van der Waals surface area contributed by atoms with Crippen LogP contribution in [0.25, 0.3) is 11.3 Å². The molecule has 3 aromatic rings. The number of aromatic nitrogens is 3. The molecule has 0 saturated heterocycles. The number of rotatable bonds is 4. The van der Waals surface area contributed by atoms with Gasteiger partial charge >= 0.3 is 0 Å². The van der Waals surface area contributed by atoms with Gasteiger partial charge in [0, 0.05) is 6.07 Å². The van der Waals surface area contributed by atoms with Crippen LogP contribution >= 0.6 is 0 Å². The standard InChI is InChI=1S/C14H12N4O2/c19-14(12-6-7-17-20-12)16-9-13-15-8-11(18-13)10-4-2-1-3-5-10/h1-8H,9H2,(H,15,18)(H,16,19). The first-order valence-corrected chi connectivity index (χ1v) is 6.11. The third-order valence-corrected chi connectivity index (χ3v) is 2.79. The summed E-state index contributed by atoms with van der Waals surface area (Å²) in [5.41, 5.74) is 1.96. The quantitative estimate of drug-likeness (QED) is 0.758. The topological polar surface area (TPSA) is 83.8 Å². The maximum Gasteiger partial charge on any atom is 0.290 e. The molecule has 1 amide bonds. The summed E-state index contributed by atoms with van der Waals surface area (Å²) in [6, 6.07) is 11.4. The Hall–Kier alpha value is -2.89. The highest BCUT2D eigenvalue weighted by Gasteiger charge is 2.10. The van der Waals surface area contributed by atoms with Gasteiger partial charge in [0.25, 0.3) is 5.91 Å². The van der Waals surface area contributed by atoms with Crippen molar-refractivity contribution in [3.63, 3.8) is 0 Å². The summed E-state index contributed by atoms with van der Waals surface area (Å²) < 4.78 is 4.77. The highest BCUT2D eigenvalue weighted by molar-refractivity contribution is 5.91. The van der Waals surface area contributed by atoms with E-state index in [0.717, 1.165) is 11.3 Å². The first-order valence-electron chi connectivity index (χ1n) is 6.11. The van der Waals surface area contributed by atoms with Crippen LogP contribution in [0.1, 0.15) is 16.4 Å². The minimum absolute atomic E-state index is 0.180. The van der Waals surface area contributed by atoms with Crippen molar-refractivity contribution in [2.45, 2.75) is 6.54 Å². The molecule has 0 fully saturated rings. The van der Waals surface area contributed by atoms with E-state index in [9.17, 15) is 4.79 Å². The maximum atomic E-state index is 11.7. The monoisotopic (exact) mass is 268 g/mol. The number of hydrogen-bond acceptors (Lipinski definition) is 4. The zero-order valence-electron chi connectivity index (χ0n) is 10.5. The van der Waals surface area contributed by atoms with Crippen LogP contribution < -0.4 is 5.32 Å². The Balaban J connectivity index is 1.65. The number of benzene rings is 1. The fraction of sp³-hybridized carbons (Fsp3) is 0.0714. The van der Waals surface area contributed by atoms with Crippen LogP contribution in [0.5, 0.6) is 0 Å². The SMILES string of the molecule is O=C(NCc1ncc(-c2ccccc2)[nH]1)c1ccno1. The van der Waals surface area contributed by atoms with E-state index in [2.05, 4.69) is 20.4 Å². The van der Waals surface area contributed by atoms with E-state index >= 15 is 0 Å². The Labute approximate surface area is 114 Å². The van der Waals surface area contributed by atoms with E-state index in [4.69, 9.17) is 4.52 Å². The van der Waals surface area contributed by atoms with Crippen molar-refractivity contribution in [1.29, 1.82) is 0 Å². The summed E-state index contributed by atoms with van der Waals surface area (Å²) >= 11 is 0. The van der Waals surface area contributed by atoms with Crippen molar-refractivity contribution in [2.24, 2.45) is 0 Å². The van der Waals surface area contributed by atoms with E-state index in [1.807, 2.05) is 30.3 Å². The van der Waals surface area contributed by atoms with Gasteiger partial charge in [-0.25, -0.2) is 4.98 Å². The van der Waals surface area contributed by atoms with E-state index < -0.39 is 0 Å². The second-order valence-electron chi connectivity index (χ2n) is 4.17. The summed E-state index contributed by atoms with van der Waals surface area (Å²) in [5, 5.41) is 6.18.